The van der Waals surface area contributed by atoms with Gasteiger partial charge in [0.2, 0.25) is 6.71 Å². The molecule has 4 heterocycles. The highest BCUT2D eigenvalue weighted by molar-refractivity contribution is 8.00. The van der Waals surface area contributed by atoms with Crippen molar-refractivity contribution in [1.82, 2.24) is 0 Å². The van der Waals surface area contributed by atoms with E-state index in [1.165, 1.54) is 65.3 Å². The molecule has 3 nitrogen and oxygen atoms in total. The molecule has 0 unspecified atom stereocenters. The molecule has 0 aliphatic carbocycles. The fourth-order valence-corrected chi connectivity index (χ4v) is 11.2. The maximum Gasteiger partial charge on any atom is 0.260 e. The molecule has 4 aliphatic rings. The number of para-hydroxylation sites is 3. The maximum atomic E-state index is 7.05. The Morgan fingerprint density at radius 2 is 0.900 bits per heavy atom. The lowest BCUT2D eigenvalue weighted by atomic mass is 9.31. The van der Waals surface area contributed by atoms with E-state index >= 15 is 0 Å². The number of ether oxygens (including phenoxy) is 2. The summed E-state index contributed by atoms with van der Waals surface area (Å²) in [5, 5.41) is 0. The number of rotatable bonds is 4. The summed E-state index contributed by atoms with van der Waals surface area (Å²) in [6.45, 7) is -0.0349. The Labute approximate surface area is 354 Å². The molecule has 60 heavy (non-hydrogen) atoms. The summed E-state index contributed by atoms with van der Waals surface area (Å²) in [6, 6.07) is 72.5. The quantitative estimate of drug-likeness (QED) is 0.166. The van der Waals surface area contributed by atoms with Crippen molar-refractivity contribution in [2.45, 2.75) is 9.79 Å². The minimum absolute atomic E-state index is 0.00844. The molecule has 0 bridgehead atoms. The van der Waals surface area contributed by atoms with Crippen molar-refractivity contribution < 1.29 is 9.47 Å². The molecular formula is C54H33B2NO2S. The predicted molar refractivity (Wildman–Crippen MR) is 250 cm³/mol. The number of benzene rings is 9. The minimum Gasteiger partial charge on any atom is -0.458 e. The number of anilines is 3. The molecule has 6 heteroatoms. The first-order valence-electron chi connectivity index (χ1n) is 20.6. The van der Waals surface area contributed by atoms with Crippen LogP contribution in [0.5, 0.6) is 23.0 Å². The fraction of sp³-hybridized carbons (Fsp3) is 0. The molecule has 4 aliphatic heterocycles. The van der Waals surface area contributed by atoms with Crippen molar-refractivity contribution in [3.8, 4) is 56.4 Å². The normalized spacial score (nSPS) is 13.4. The van der Waals surface area contributed by atoms with Crippen molar-refractivity contribution in [1.29, 1.82) is 0 Å². The summed E-state index contributed by atoms with van der Waals surface area (Å²) in [7, 11) is 0. The zero-order chi connectivity index (χ0) is 39.3. The Bertz CT molecular complexity index is 3210. The molecule has 9 aromatic carbocycles. The van der Waals surface area contributed by atoms with E-state index in [-0.39, 0.29) is 13.4 Å². The van der Waals surface area contributed by atoms with Gasteiger partial charge in [0.05, 0.1) is 5.69 Å². The van der Waals surface area contributed by atoms with Gasteiger partial charge in [0, 0.05) is 32.2 Å². The van der Waals surface area contributed by atoms with E-state index in [0.717, 1.165) is 50.7 Å². The number of hydrogen-bond donors (Lipinski definition) is 0. The van der Waals surface area contributed by atoms with E-state index in [0.29, 0.717) is 0 Å². The van der Waals surface area contributed by atoms with Crippen LogP contribution in [0.25, 0.3) is 33.4 Å². The van der Waals surface area contributed by atoms with Crippen LogP contribution in [0.2, 0.25) is 0 Å². The van der Waals surface area contributed by atoms with Gasteiger partial charge in [-0.2, -0.15) is 0 Å². The van der Waals surface area contributed by atoms with Crippen LogP contribution in [-0.2, 0) is 0 Å². The molecule has 9 aromatic rings. The Kier molecular flexibility index (Phi) is 7.43. The van der Waals surface area contributed by atoms with Crippen molar-refractivity contribution in [2.75, 3.05) is 4.90 Å². The highest BCUT2D eigenvalue weighted by atomic mass is 32.2. The molecule has 278 valence electrons. The van der Waals surface area contributed by atoms with Gasteiger partial charge in [0.15, 0.2) is 0 Å². The van der Waals surface area contributed by atoms with Crippen LogP contribution >= 0.6 is 11.8 Å². The molecule has 0 spiro atoms. The van der Waals surface area contributed by atoms with Gasteiger partial charge < -0.3 is 14.4 Å². The summed E-state index contributed by atoms with van der Waals surface area (Å²) >= 11 is 1.87. The average molecular weight is 782 g/mol. The lowest BCUT2D eigenvalue weighted by Gasteiger charge is -2.42. The Morgan fingerprint density at radius 3 is 1.63 bits per heavy atom. The fourth-order valence-electron chi connectivity index (χ4n) is 10.0. The molecule has 0 fully saturated rings. The predicted octanol–water partition coefficient (Wildman–Crippen LogP) is 10.2. The third-order valence-electron chi connectivity index (χ3n) is 12.6. The van der Waals surface area contributed by atoms with Gasteiger partial charge >= 0.3 is 0 Å². The second-order valence-corrected chi connectivity index (χ2v) is 17.0. The van der Waals surface area contributed by atoms with E-state index in [1.807, 2.05) is 11.8 Å². The topological polar surface area (TPSA) is 21.7 Å². The van der Waals surface area contributed by atoms with E-state index in [9.17, 15) is 0 Å². The first kappa shape index (κ1) is 33.8. The highest BCUT2D eigenvalue weighted by Crippen LogP contribution is 2.47. The molecular weight excluding hydrogens is 748 g/mol. The molecule has 0 saturated heterocycles. The van der Waals surface area contributed by atoms with Gasteiger partial charge in [-0.3, -0.25) is 0 Å². The third kappa shape index (κ3) is 5.07. The molecule has 0 saturated carbocycles. The summed E-state index contributed by atoms with van der Waals surface area (Å²) < 4.78 is 13.8. The zero-order valence-corrected chi connectivity index (χ0v) is 33.2. The smallest absolute Gasteiger partial charge is 0.260 e. The largest absolute Gasteiger partial charge is 0.458 e. The molecule has 0 N–H and O–H groups in total. The summed E-state index contributed by atoms with van der Waals surface area (Å²) in [6.07, 6.45) is 0. The molecule has 0 atom stereocenters. The van der Waals surface area contributed by atoms with Crippen LogP contribution in [0.15, 0.2) is 210 Å². The maximum absolute atomic E-state index is 7.05. The lowest BCUT2D eigenvalue weighted by molar-refractivity contribution is 0.464. The van der Waals surface area contributed by atoms with Crippen LogP contribution in [0.4, 0.5) is 17.1 Å². The monoisotopic (exact) mass is 781 g/mol. The van der Waals surface area contributed by atoms with Crippen molar-refractivity contribution in [3.63, 3.8) is 0 Å². The van der Waals surface area contributed by atoms with Gasteiger partial charge in [-0.05, 0) is 98.2 Å². The van der Waals surface area contributed by atoms with Crippen LogP contribution < -0.4 is 47.2 Å². The van der Waals surface area contributed by atoms with Crippen molar-refractivity contribution in [3.05, 3.63) is 200 Å². The van der Waals surface area contributed by atoms with E-state index in [2.05, 4.69) is 205 Å². The van der Waals surface area contributed by atoms with Gasteiger partial charge in [0.25, 0.3) is 6.71 Å². The zero-order valence-electron chi connectivity index (χ0n) is 32.4. The lowest BCUT2D eigenvalue weighted by Crippen LogP contribution is -2.62. The molecule has 0 amide bonds. The SMILES string of the molecule is c1ccc(-c2cc3c4c(c2)Oc2cc5c(cc2B4c2ccccc2O3)B2c3ccccc3N(c3ccccc3-c3ccccc3)c3cc(-c4ccccc4)cc(c32)S5)cc1. The van der Waals surface area contributed by atoms with E-state index in [1.54, 1.807) is 0 Å². The first-order valence-corrected chi connectivity index (χ1v) is 21.4. The molecule has 13 rings (SSSR count). The van der Waals surface area contributed by atoms with Crippen molar-refractivity contribution in [2.24, 2.45) is 0 Å². The van der Waals surface area contributed by atoms with Gasteiger partial charge in [0.1, 0.15) is 23.0 Å². The van der Waals surface area contributed by atoms with Crippen LogP contribution in [0.3, 0.4) is 0 Å². The van der Waals surface area contributed by atoms with Gasteiger partial charge in [-0.25, -0.2) is 0 Å². The summed E-state index contributed by atoms with van der Waals surface area (Å²) in [5.74, 6) is 3.49. The third-order valence-corrected chi connectivity index (χ3v) is 13.8. The Morgan fingerprint density at radius 1 is 0.333 bits per heavy atom. The van der Waals surface area contributed by atoms with Crippen LogP contribution in [0, 0.1) is 0 Å². The van der Waals surface area contributed by atoms with Crippen molar-refractivity contribution >= 4 is 75.0 Å². The minimum atomic E-state index is -0.0433. The number of hydrogen-bond acceptors (Lipinski definition) is 4. The standard InChI is InChI=1S/C54H33B2NO2S/c1-4-16-34(17-5-1)37-28-46-53-52(31-37)60-51-33-48-42(56-41-24-12-15-27-47(41)58-49-29-38(30-50(59-48)54(49)56)35-18-6-2-7-19-35)32-43(51)55(53)40-23-11-14-26-45(40)57(46)44-25-13-10-22-39(44)36-20-8-3-9-21-36/h1-33H. The number of nitrogens with zero attached hydrogens (tertiary/aromatic N) is 1. The molecule has 0 aromatic heterocycles. The van der Waals surface area contributed by atoms with Gasteiger partial charge in [-0.1, -0.05) is 169 Å². The summed E-state index contributed by atoms with van der Waals surface area (Å²) in [5.41, 5.74) is 17.9. The highest BCUT2D eigenvalue weighted by Gasteiger charge is 2.45. The second kappa shape index (κ2) is 13.2. The van der Waals surface area contributed by atoms with Crippen LogP contribution in [-0.4, -0.2) is 13.4 Å². The second-order valence-electron chi connectivity index (χ2n) is 15.9. The van der Waals surface area contributed by atoms with Gasteiger partial charge in [-0.15, -0.1) is 0 Å². The Balaban J connectivity index is 1.05. The average Bonchev–Trinajstić information content (AvgIpc) is 3.31. The first-order chi connectivity index (χ1) is 29.7. The van der Waals surface area contributed by atoms with E-state index in [4.69, 9.17) is 9.47 Å². The summed E-state index contributed by atoms with van der Waals surface area (Å²) in [4.78, 5) is 5.01. The van der Waals surface area contributed by atoms with E-state index < -0.39 is 0 Å². The number of fused-ring (bicyclic) bond motifs is 8. The van der Waals surface area contributed by atoms with Crippen LogP contribution in [0.1, 0.15) is 0 Å². The Hall–Kier alpha value is -7.14. The molecule has 0 radical (unpaired) electrons.